The van der Waals surface area contributed by atoms with E-state index < -0.39 is 0 Å². The van der Waals surface area contributed by atoms with Gasteiger partial charge in [-0.25, -0.2) is 0 Å². The molecule has 3 aromatic rings. The van der Waals surface area contributed by atoms with E-state index >= 15 is 0 Å². The van der Waals surface area contributed by atoms with Crippen LogP contribution in [0.3, 0.4) is 0 Å². The highest BCUT2D eigenvalue weighted by molar-refractivity contribution is 5.58. The Labute approximate surface area is 158 Å². The number of pyridine rings is 1. The summed E-state index contributed by atoms with van der Waals surface area (Å²) in [5.41, 5.74) is 3.55. The van der Waals surface area contributed by atoms with Gasteiger partial charge in [-0.05, 0) is 43.4 Å². The first kappa shape index (κ1) is 17.4. The molecule has 0 N–H and O–H groups in total. The molecule has 1 aliphatic rings. The second kappa shape index (κ2) is 7.31. The van der Waals surface area contributed by atoms with Crippen molar-refractivity contribution < 1.29 is 0 Å². The number of aryl methyl sites for hydroxylation is 1. The number of nitriles is 1. The molecule has 4 heterocycles. The summed E-state index contributed by atoms with van der Waals surface area (Å²) in [6.45, 7) is 5.80. The summed E-state index contributed by atoms with van der Waals surface area (Å²) in [7, 11) is 0. The van der Waals surface area contributed by atoms with E-state index in [9.17, 15) is 5.26 Å². The molecule has 0 unspecified atom stereocenters. The second-order valence-corrected chi connectivity index (χ2v) is 6.89. The van der Waals surface area contributed by atoms with Crippen LogP contribution in [0.15, 0.2) is 24.4 Å². The van der Waals surface area contributed by atoms with Gasteiger partial charge in [0.15, 0.2) is 11.5 Å². The zero-order valence-electron chi connectivity index (χ0n) is 15.8. The van der Waals surface area contributed by atoms with E-state index in [-0.39, 0.29) is 0 Å². The largest absolute Gasteiger partial charge is 0.354 e. The molecule has 138 valence electrons. The van der Waals surface area contributed by atoms with Gasteiger partial charge in [-0.15, -0.1) is 15.3 Å². The van der Waals surface area contributed by atoms with E-state index in [1.807, 2.05) is 24.4 Å². The van der Waals surface area contributed by atoms with Crippen LogP contribution in [0.1, 0.15) is 55.3 Å². The number of hydrogen-bond acceptors (Lipinski definition) is 6. The molecule has 0 amide bonds. The Morgan fingerprint density at radius 1 is 1.07 bits per heavy atom. The first-order valence-corrected chi connectivity index (χ1v) is 9.59. The first-order chi connectivity index (χ1) is 13.3. The van der Waals surface area contributed by atoms with Gasteiger partial charge in [-0.3, -0.25) is 4.40 Å². The Kier molecular flexibility index (Phi) is 4.71. The number of piperidine rings is 1. The van der Waals surface area contributed by atoms with Crippen LogP contribution in [0, 0.1) is 11.3 Å². The smallest absolute Gasteiger partial charge is 0.169 e. The van der Waals surface area contributed by atoms with Crippen molar-refractivity contribution in [3.8, 4) is 6.07 Å². The Morgan fingerprint density at radius 2 is 1.89 bits per heavy atom. The molecule has 1 aliphatic heterocycles. The fourth-order valence-electron chi connectivity index (χ4n) is 3.99. The molecule has 0 atom stereocenters. The van der Waals surface area contributed by atoms with E-state index in [4.69, 9.17) is 0 Å². The Hall–Kier alpha value is -3.01. The van der Waals surface area contributed by atoms with Crippen molar-refractivity contribution in [3.63, 3.8) is 0 Å². The summed E-state index contributed by atoms with van der Waals surface area (Å²) in [4.78, 5) is 2.20. The monoisotopic (exact) mass is 361 g/mol. The Bertz CT molecular complexity index is 993. The van der Waals surface area contributed by atoms with Gasteiger partial charge in [0, 0.05) is 25.2 Å². The molecule has 7 heteroatoms. The Morgan fingerprint density at radius 3 is 2.59 bits per heavy atom. The predicted octanol–water partition coefficient (Wildman–Crippen LogP) is 2.90. The van der Waals surface area contributed by atoms with Crippen LogP contribution >= 0.6 is 0 Å². The van der Waals surface area contributed by atoms with Gasteiger partial charge in [-0.1, -0.05) is 19.9 Å². The van der Waals surface area contributed by atoms with E-state index in [0.29, 0.717) is 11.5 Å². The van der Waals surface area contributed by atoms with E-state index in [1.165, 1.54) is 0 Å². The minimum absolute atomic E-state index is 0.359. The maximum absolute atomic E-state index is 9.74. The van der Waals surface area contributed by atoms with Crippen LogP contribution in [0.2, 0.25) is 0 Å². The zero-order valence-corrected chi connectivity index (χ0v) is 15.8. The Balaban J connectivity index is 1.57. The van der Waals surface area contributed by atoms with Crippen molar-refractivity contribution in [2.75, 3.05) is 18.0 Å². The molecule has 0 aromatic carbocycles. The standard InChI is InChI=1S/C20H23N7/c1-3-15-16(13-21)20(25-22-17(15)4-2)26-11-8-14(9-12-26)19-24-23-18-7-5-6-10-27(18)19/h5-7,10,14H,3-4,8-9,11-12H2,1-2H3. The van der Waals surface area contributed by atoms with Crippen molar-refractivity contribution in [2.45, 2.75) is 45.4 Å². The topological polar surface area (TPSA) is 83.0 Å². The summed E-state index contributed by atoms with van der Waals surface area (Å²) >= 11 is 0. The molecule has 4 rings (SSSR count). The summed E-state index contributed by atoms with van der Waals surface area (Å²) in [5, 5.41) is 27.2. The van der Waals surface area contributed by atoms with E-state index in [0.717, 1.165) is 67.3 Å². The van der Waals surface area contributed by atoms with Crippen molar-refractivity contribution >= 4 is 11.5 Å². The van der Waals surface area contributed by atoms with Crippen LogP contribution in [-0.4, -0.2) is 37.9 Å². The van der Waals surface area contributed by atoms with Crippen LogP contribution in [0.5, 0.6) is 0 Å². The third-order valence-electron chi connectivity index (χ3n) is 5.44. The average molecular weight is 361 g/mol. The van der Waals surface area contributed by atoms with Gasteiger partial charge in [0.2, 0.25) is 0 Å². The molecular weight excluding hydrogens is 338 g/mol. The summed E-state index contributed by atoms with van der Waals surface area (Å²) < 4.78 is 2.08. The minimum Gasteiger partial charge on any atom is -0.354 e. The van der Waals surface area contributed by atoms with Gasteiger partial charge in [0.25, 0.3) is 0 Å². The predicted molar refractivity (Wildman–Crippen MR) is 103 cm³/mol. The third kappa shape index (κ3) is 3.01. The lowest BCUT2D eigenvalue weighted by Gasteiger charge is -2.32. The number of rotatable bonds is 4. The molecular formula is C20H23N7. The molecule has 3 aromatic heterocycles. The van der Waals surface area contributed by atoms with Gasteiger partial charge >= 0.3 is 0 Å². The quantitative estimate of drug-likeness (QED) is 0.710. The number of nitrogens with zero attached hydrogens (tertiary/aromatic N) is 7. The highest BCUT2D eigenvalue weighted by Gasteiger charge is 2.27. The molecule has 0 saturated carbocycles. The molecule has 1 saturated heterocycles. The number of anilines is 1. The molecule has 0 bridgehead atoms. The average Bonchev–Trinajstić information content (AvgIpc) is 3.16. The van der Waals surface area contributed by atoms with Crippen molar-refractivity contribution in [3.05, 3.63) is 47.0 Å². The zero-order chi connectivity index (χ0) is 18.8. The van der Waals surface area contributed by atoms with Crippen LogP contribution in [-0.2, 0) is 12.8 Å². The molecule has 0 aliphatic carbocycles. The maximum atomic E-state index is 9.74. The molecule has 7 nitrogen and oxygen atoms in total. The summed E-state index contributed by atoms with van der Waals surface area (Å²) in [6, 6.07) is 8.33. The lowest BCUT2D eigenvalue weighted by molar-refractivity contribution is 0.479. The molecule has 0 spiro atoms. The number of fused-ring (bicyclic) bond motifs is 1. The highest BCUT2D eigenvalue weighted by Crippen LogP contribution is 2.31. The van der Waals surface area contributed by atoms with Crippen molar-refractivity contribution in [1.82, 2.24) is 24.8 Å². The molecule has 1 fully saturated rings. The number of hydrogen-bond donors (Lipinski definition) is 0. The van der Waals surface area contributed by atoms with Gasteiger partial charge in [-0.2, -0.15) is 10.4 Å². The highest BCUT2D eigenvalue weighted by atomic mass is 15.3. The van der Waals surface area contributed by atoms with E-state index in [2.05, 4.69) is 49.6 Å². The summed E-state index contributed by atoms with van der Waals surface area (Å²) in [5.74, 6) is 2.11. The lowest BCUT2D eigenvalue weighted by atomic mass is 9.95. The maximum Gasteiger partial charge on any atom is 0.169 e. The van der Waals surface area contributed by atoms with Gasteiger partial charge < -0.3 is 4.90 Å². The van der Waals surface area contributed by atoms with E-state index in [1.54, 1.807) is 0 Å². The number of aromatic nitrogens is 5. The minimum atomic E-state index is 0.359. The normalized spacial score (nSPS) is 15.2. The van der Waals surface area contributed by atoms with Crippen LogP contribution in [0.4, 0.5) is 5.82 Å². The van der Waals surface area contributed by atoms with Crippen LogP contribution < -0.4 is 4.90 Å². The van der Waals surface area contributed by atoms with Gasteiger partial charge in [0.1, 0.15) is 17.5 Å². The fourth-order valence-corrected chi connectivity index (χ4v) is 3.99. The second-order valence-electron chi connectivity index (χ2n) is 6.89. The fraction of sp³-hybridized carbons (Fsp3) is 0.450. The third-order valence-corrected chi connectivity index (χ3v) is 5.44. The van der Waals surface area contributed by atoms with Crippen molar-refractivity contribution in [1.29, 1.82) is 5.26 Å². The first-order valence-electron chi connectivity index (χ1n) is 9.59. The molecule has 0 radical (unpaired) electrons. The van der Waals surface area contributed by atoms with Crippen molar-refractivity contribution in [2.24, 2.45) is 0 Å². The van der Waals surface area contributed by atoms with Crippen LogP contribution in [0.25, 0.3) is 5.65 Å². The van der Waals surface area contributed by atoms with Gasteiger partial charge in [0.05, 0.1) is 5.69 Å². The SMILES string of the molecule is CCc1nnc(N2CCC(c3nnc4ccccn34)CC2)c(C#N)c1CC. The lowest BCUT2D eigenvalue weighted by Crippen LogP contribution is -2.35. The molecule has 27 heavy (non-hydrogen) atoms. The summed E-state index contributed by atoms with van der Waals surface area (Å²) in [6.07, 6.45) is 5.54.